The SMILES string of the molecule is CCCCCCCCCC/C=C\CCCCCCCCCC(=O)NC(COP(=O)([O-])OCC[N+](C)(C)C)C(O)CCCCCCCCCCCCCCCCC. The van der Waals surface area contributed by atoms with Gasteiger partial charge >= 0.3 is 0 Å². The number of rotatable bonds is 44. The number of hydrogen-bond donors (Lipinski definition) is 2. The second-order valence-electron chi connectivity index (χ2n) is 17.8. The van der Waals surface area contributed by atoms with E-state index in [2.05, 4.69) is 31.3 Å². The summed E-state index contributed by atoms with van der Waals surface area (Å²) in [5.74, 6) is -0.167. The van der Waals surface area contributed by atoms with Crippen LogP contribution in [0.3, 0.4) is 0 Å². The first-order valence-corrected chi connectivity index (χ1v) is 25.5. The number of nitrogens with zero attached hydrogens (tertiary/aromatic N) is 1. The van der Waals surface area contributed by atoms with E-state index in [9.17, 15) is 19.4 Å². The highest BCUT2D eigenvalue weighted by molar-refractivity contribution is 7.45. The number of unbranched alkanes of at least 4 members (excludes halogenated alkanes) is 29. The number of allylic oxidation sites excluding steroid dienone is 2. The van der Waals surface area contributed by atoms with E-state index in [1.54, 1.807) is 0 Å². The van der Waals surface area contributed by atoms with Crippen molar-refractivity contribution in [1.29, 1.82) is 0 Å². The lowest BCUT2D eigenvalue weighted by atomic mass is 10.0. The number of phosphoric acid groups is 1. The van der Waals surface area contributed by atoms with Crippen molar-refractivity contribution in [2.24, 2.45) is 0 Å². The van der Waals surface area contributed by atoms with Gasteiger partial charge in [-0.3, -0.25) is 9.36 Å². The van der Waals surface area contributed by atoms with Gasteiger partial charge in [-0.15, -0.1) is 0 Å². The molecule has 0 heterocycles. The van der Waals surface area contributed by atoms with Crippen molar-refractivity contribution in [2.75, 3.05) is 40.9 Å². The van der Waals surface area contributed by atoms with Gasteiger partial charge in [-0.2, -0.15) is 0 Å². The molecule has 0 saturated carbocycles. The summed E-state index contributed by atoms with van der Waals surface area (Å²) < 4.78 is 23.3. The minimum Gasteiger partial charge on any atom is -0.756 e. The molecular weight excluding hydrogens is 719 g/mol. The number of nitrogens with one attached hydrogen (secondary N) is 1. The molecule has 0 aliphatic carbocycles. The van der Waals surface area contributed by atoms with E-state index >= 15 is 0 Å². The number of aliphatic hydroxyl groups excluding tert-OH is 1. The molecule has 8 nitrogen and oxygen atoms in total. The largest absolute Gasteiger partial charge is 0.756 e. The second kappa shape index (κ2) is 39.7. The van der Waals surface area contributed by atoms with Crippen LogP contribution in [-0.4, -0.2) is 68.5 Å². The summed E-state index contributed by atoms with van der Waals surface area (Å²) in [5, 5.41) is 13.9. The van der Waals surface area contributed by atoms with E-state index in [0.717, 1.165) is 38.5 Å². The third kappa shape index (κ3) is 41.4. The van der Waals surface area contributed by atoms with Gasteiger partial charge in [0.05, 0.1) is 39.9 Å². The van der Waals surface area contributed by atoms with Gasteiger partial charge in [0.2, 0.25) is 5.91 Å². The molecule has 56 heavy (non-hydrogen) atoms. The molecule has 0 fully saturated rings. The fraction of sp³-hybridized carbons (Fsp3) is 0.936. The number of hydrogen-bond acceptors (Lipinski definition) is 6. The van der Waals surface area contributed by atoms with E-state index < -0.39 is 20.0 Å². The number of phosphoric ester groups is 1. The van der Waals surface area contributed by atoms with Gasteiger partial charge in [0.15, 0.2) is 0 Å². The first-order chi connectivity index (χ1) is 27.0. The van der Waals surface area contributed by atoms with E-state index in [1.165, 1.54) is 167 Å². The summed E-state index contributed by atoms with van der Waals surface area (Å²) >= 11 is 0. The molecule has 0 aliphatic heterocycles. The first-order valence-electron chi connectivity index (χ1n) is 24.0. The van der Waals surface area contributed by atoms with Crippen LogP contribution in [0.25, 0.3) is 0 Å². The quantitative estimate of drug-likeness (QED) is 0.0274. The van der Waals surface area contributed by atoms with Gasteiger partial charge in [-0.25, -0.2) is 0 Å². The molecule has 0 bridgehead atoms. The van der Waals surface area contributed by atoms with Crippen LogP contribution in [-0.2, 0) is 18.4 Å². The van der Waals surface area contributed by atoms with Crippen LogP contribution in [0.2, 0.25) is 0 Å². The molecule has 1 amide bonds. The number of carbonyl (C=O) groups excluding carboxylic acids is 1. The molecule has 0 aromatic carbocycles. The number of aliphatic hydroxyl groups is 1. The number of amides is 1. The lowest BCUT2D eigenvalue weighted by Crippen LogP contribution is -2.46. The zero-order chi connectivity index (χ0) is 41.4. The highest BCUT2D eigenvalue weighted by Crippen LogP contribution is 2.38. The Kier molecular flexibility index (Phi) is 39.1. The maximum absolute atomic E-state index is 12.9. The van der Waals surface area contributed by atoms with Crippen LogP contribution < -0.4 is 10.2 Å². The molecule has 9 heteroatoms. The maximum atomic E-state index is 12.9. The maximum Gasteiger partial charge on any atom is 0.268 e. The topological polar surface area (TPSA) is 108 Å². The average molecular weight is 815 g/mol. The van der Waals surface area contributed by atoms with Crippen LogP contribution in [0.4, 0.5) is 0 Å². The van der Waals surface area contributed by atoms with Crippen molar-refractivity contribution in [1.82, 2.24) is 5.32 Å². The van der Waals surface area contributed by atoms with E-state index in [4.69, 9.17) is 9.05 Å². The molecule has 0 spiro atoms. The molecule has 0 radical (unpaired) electrons. The molecule has 0 rings (SSSR count). The Labute approximate surface area is 348 Å². The summed E-state index contributed by atoms with van der Waals surface area (Å²) in [4.78, 5) is 25.4. The predicted molar refractivity (Wildman–Crippen MR) is 238 cm³/mol. The van der Waals surface area contributed by atoms with E-state index in [-0.39, 0.29) is 19.1 Å². The number of carbonyl (C=O) groups is 1. The second-order valence-corrected chi connectivity index (χ2v) is 19.2. The Morgan fingerprint density at radius 3 is 1.39 bits per heavy atom. The van der Waals surface area contributed by atoms with Crippen molar-refractivity contribution >= 4 is 13.7 Å². The standard InChI is InChI=1S/C47H95N2O6P/c1-6-8-10-12-14-16-18-20-22-23-24-25-27-29-31-33-35-37-39-41-47(51)48-45(44-55-56(52,53)54-43-42-49(3,4)5)46(50)40-38-36-34-32-30-28-26-21-19-17-15-13-11-9-7-2/h23-24,45-46,50H,6-22,25-44H2,1-5H3,(H-,48,51,52,53)/b24-23-. The molecule has 2 N–H and O–H groups in total. The predicted octanol–water partition coefficient (Wildman–Crippen LogP) is 12.9. The Morgan fingerprint density at radius 2 is 0.982 bits per heavy atom. The number of likely N-dealkylation sites (N-methyl/N-ethyl adjacent to an activating group) is 1. The molecule has 0 aromatic heterocycles. The Morgan fingerprint density at radius 1 is 0.607 bits per heavy atom. The van der Waals surface area contributed by atoms with Crippen molar-refractivity contribution < 1.29 is 32.9 Å². The normalized spacial score (nSPS) is 14.3. The minimum atomic E-state index is -4.56. The minimum absolute atomic E-state index is 0.0133. The Balaban J connectivity index is 4.29. The van der Waals surface area contributed by atoms with Gasteiger partial charge in [-0.05, 0) is 38.5 Å². The average Bonchev–Trinajstić information content (AvgIpc) is 3.15. The molecular formula is C47H95N2O6P. The van der Waals surface area contributed by atoms with Crippen molar-refractivity contribution in [3.05, 3.63) is 12.2 Å². The van der Waals surface area contributed by atoms with Crippen LogP contribution in [0.15, 0.2) is 12.2 Å². The van der Waals surface area contributed by atoms with Gasteiger partial charge in [0, 0.05) is 6.42 Å². The van der Waals surface area contributed by atoms with Gasteiger partial charge in [0.1, 0.15) is 13.2 Å². The smallest absolute Gasteiger partial charge is 0.268 e. The highest BCUT2D eigenvalue weighted by Gasteiger charge is 2.24. The molecule has 0 aromatic rings. The van der Waals surface area contributed by atoms with Crippen molar-refractivity contribution in [3.63, 3.8) is 0 Å². The fourth-order valence-electron chi connectivity index (χ4n) is 7.15. The van der Waals surface area contributed by atoms with Crippen molar-refractivity contribution in [2.45, 2.75) is 244 Å². The zero-order valence-electron chi connectivity index (χ0n) is 37.9. The van der Waals surface area contributed by atoms with Crippen LogP contribution in [0, 0.1) is 0 Å². The Bertz CT molecular complexity index is 927. The lowest BCUT2D eigenvalue weighted by Gasteiger charge is -2.30. The van der Waals surface area contributed by atoms with Crippen molar-refractivity contribution in [3.8, 4) is 0 Å². The summed E-state index contributed by atoms with van der Waals surface area (Å²) in [6, 6.07) is -0.798. The van der Waals surface area contributed by atoms with Crippen LogP contribution >= 0.6 is 7.82 Å². The summed E-state index contributed by atoms with van der Waals surface area (Å²) in [6.07, 6.45) is 45.0. The van der Waals surface area contributed by atoms with Crippen LogP contribution in [0.1, 0.15) is 232 Å². The summed E-state index contributed by atoms with van der Waals surface area (Å²) in [6.45, 7) is 4.73. The molecule has 0 saturated heterocycles. The lowest BCUT2D eigenvalue weighted by molar-refractivity contribution is -0.870. The third-order valence-corrected chi connectivity index (χ3v) is 12.0. The van der Waals surface area contributed by atoms with Gasteiger partial charge in [-0.1, -0.05) is 199 Å². The molecule has 3 atom stereocenters. The van der Waals surface area contributed by atoms with E-state index in [1.807, 2.05) is 21.1 Å². The monoisotopic (exact) mass is 815 g/mol. The number of quaternary nitrogens is 1. The fourth-order valence-corrected chi connectivity index (χ4v) is 7.88. The van der Waals surface area contributed by atoms with Crippen LogP contribution in [0.5, 0.6) is 0 Å². The first kappa shape index (κ1) is 55.2. The zero-order valence-corrected chi connectivity index (χ0v) is 38.7. The highest BCUT2D eigenvalue weighted by atomic mass is 31.2. The van der Waals surface area contributed by atoms with Gasteiger partial charge < -0.3 is 28.8 Å². The Hall–Kier alpha value is -0.760. The third-order valence-electron chi connectivity index (χ3n) is 11.0. The molecule has 334 valence electrons. The summed E-state index contributed by atoms with van der Waals surface area (Å²) in [7, 11) is 1.31. The molecule has 0 aliphatic rings. The molecule has 3 unspecified atom stereocenters. The van der Waals surface area contributed by atoms with Gasteiger partial charge in [0.25, 0.3) is 7.82 Å². The van der Waals surface area contributed by atoms with E-state index in [0.29, 0.717) is 23.9 Å². The summed E-state index contributed by atoms with van der Waals surface area (Å²) in [5.41, 5.74) is 0.